The van der Waals surface area contributed by atoms with Crippen LogP contribution in [-0.2, 0) is 4.79 Å². The molecule has 210 valence electrons. The summed E-state index contributed by atoms with van der Waals surface area (Å²) in [4.78, 5) is 42.8. The van der Waals surface area contributed by atoms with Crippen LogP contribution in [0.1, 0.15) is 37.0 Å². The second-order valence-corrected chi connectivity index (χ2v) is 10.9. The third kappa shape index (κ3) is 5.74. The zero-order valence-corrected chi connectivity index (χ0v) is 23.1. The van der Waals surface area contributed by atoms with Crippen molar-refractivity contribution in [2.24, 2.45) is 11.8 Å². The van der Waals surface area contributed by atoms with Gasteiger partial charge in [-0.05, 0) is 43.4 Å². The van der Waals surface area contributed by atoms with E-state index in [0.717, 1.165) is 23.6 Å². The zero-order chi connectivity index (χ0) is 28.4. The molecule has 40 heavy (non-hydrogen) atoms. The molecule has 1 aliphatic carbocycles. The molecule has 1 saturated carbocycles. The van der Waals surface area contributed by atoms with Crippen LogP contribution in [0, 0.1) is 11.8 Å². The maximum atomic E-state index is 13.6. The Hall–Kier alpha value is -4.11. The molecule has 4 amide bonds. The molecule has 5 rings (SSSR count). The Balaban J connectivity index is 1.42. The Morgan fingerprint density at radius 2 is 1.75 bits per heavy atom. The van der Waals surface area contributed by atoms with E-state index < -0.39 is 12.1 Å². The first-order valence-electron chi connectivity index (χ1n) is 13.8. The Morgan fingerprint density at radius 1 is 1.05 bits per heavy atom. The number of amides is 4. The predicted molar refractivity (Wildman–Crippen MR) is 155 cm³/mol. The molecule has 0 aromatic heterocycles. The zero-order valence-electron chi connectivity index (χ0n) is 23.1. The summed E-state index contributed by atoms with van der Waals surface area (Å²) >= 11 is 0. The van der Waals surface area contributed by atoms with Crippen molar-refractivity contribution >= 4 is 40.0 Å². The summed E-state index contributed by atoms with van der Waals surface area (Å²) in [5.41, 5.74) is 1.46. The van der Waals surface area contributed by atoms with Gasteiger partial charge >= 0.3 is 6.03 Å². The van der Waals surface area contributed by atoms with Crippen LogP contribution in [-0.4, -0.2) is 71.6 Å². The number of nitrogens with one attached hydrogen (secondary N) is 2. The summed E-state index contributed by atoms with van der Waals surface area (Å²) in [6.45, 7) is 4.14. The molecule has 1 heterocycles. The van der Waals surface area contributed by atoms with Gasteiger partial charge in [-0.25, -0.2) is 4.79 Å². The highest BCUT2D eigenvalue weighted by molar-refractivity contribution is 6.03. The molecule has 1 fully saturated rings. The summed E-state index contributed by atoms with van der Waals surface area (Å²) in [5, 5.41) is 17.8. The number of ether oxygens (including phenoxy) is 1. The Kier molecular flexibility index (Phi) is 7.93. The molecule has 9 nitrogen and oxygen atoms in total. The van der Waals surface area contributed by atoms with Crippen LogP contribution in [0.3, 0.4) is 0 Å². The van der Waals surface area contributed by atoms with Gasteiger partial charge in [0.05, 0.1) is 36.1 Å². The normalized spacial score (nSPS) is 19.6. The molecule has 1 aliphatic heterocycles. The summed E-state index contributed by atoms with van der Waals surface area (Å²) in [6.07, 6.45) is 1.19. The minimum absolute atomic E-state index is 0.0235. The number of nitrogens with zero attached hydrogens (tertiary/aromatic N) is 2. The number of urea groups is 1. The maximum absolute atomic E-state index is 13.6. The minimum atomic E-state index is -0.498. The van der Waals surface area contributed by atoms with E-state index >= 15 is 0 Å². The van der Waals surface area contributed by atoms with Crippen molar-refractivity contribution in [3.8, 4) is 5.75 Å². The van der Waals surface area contributed by atoms with Gasteiger partial charge in [-0.2, -0.15) is 0 Å². The second kappa shape index (κ2) is 11.6. The number of rotatable bonds is 7. The first-order chi connectivity index (χ1) is 19.3. The van der Waals surface area contributed by atoms with Gasteiger partial charge in [0.15, 0.2) is 5.75 Å². The third-order valence-electron chi connectivity index (χ3n) is 7.73. The lowest BCUT2D eigenvalue weighted by atomic mass is 9.99. The Bertz CT molecular complexity index is 1420. The molecular formula is C31H36N4O5. The van der Waals surface area contributed by atoms with E-state index in [4.69, 9.17) is 4.74 Å². The SMILES string of the molecule is C[C@@H]1CN([C@H](C)CO)C(=O)c2cccc(NC(=O)C3CC3)c2O[C@H]1CN(C)C(=O)Nc1cccc2ccccc12. The lowest BCUT2D eigenvalue weighted by Crippen LogP contribution is -2.50. The Morgan fingerprint density at radius 3 is 2.50 bits per heavy atom. The van der Waals surface area contributed by atoms with Crippen molar-refractivity contribution in [2.75, 3.05) is 37.4 Å². The number of aliphatic hydroxyl groups is 1. The smallest absolute Gasteiger partial charge is 0.321 e. The van der Waals surface area contributed by atoms with E-state index in [1.165, 1.54) is 0 Å². The van der Waals surface area contributed by atoms with Crippen LogP contribution in [0.15, 0.2) is 60.7 Å². The number of benzene rings is 3. The minimum Gasteiger partial charge on any atom is -0.485 e. The number of fused-ring (bicyclic) bond motifs is 2. The molecule has 0 bridgehead atoms. The van der Waals surface area contributed by atoms with Crippen LogP contribution in [0.25, 0.3) is 10.8 Å². The predicted octanol–water partition coefficient (Wildman–Crippen LogP) is 4.57. The van der Waals surface area contributed by atoms with Crippen LogP contribution in [0.4, 0.5) is 16.2 Å². The molecule has 0 unspecified atom stereocenters. The standard InChI is InChI=1S/C31H36N4O5/c1-19-16-35(20(2)18-36)30(38)24-11-7-13-26(32-29(37)22-14-15-22)28(24)40-27(19)17-34(3)31(39)33-25-12-6-9-21-8-4-5-10-23(21)25/h4-13,19-20,22,27,36H,14-18H2,1-3H3,(H,32,37)(H,33,39)/t19-,20-,27+/m1/s1. The van der Waals surface area contributed by atoms with Crippen molar-refractivity contribution in [2.45, 2.75) is 38.8 Å². The van der Waals surface area contributed by atoms with E-state index in [1.54, 1.807) is 42.0 Å². The summed E-state index contributed by atoms with van der Waals surface area (Å²) < 4.78 is 6.51. The first kappa shape index (κ1) is 27.5. The molecule has 0 radical (unpaired) electrons. The summed E-state index contributed by atoms with van der Waals surface area (Å²) in [6, 6.07) is 18.0. The van der Waals surface area contributed by atoms with E-state index in [0.29, 0.717) is 23.5 Å². The van der Waals surface area contributed by atoms with Crippen molar-refractivity contribution < 1.29 is 24.2 Å². The molecule has 3 aromatic rings. The number of anilines is 2. The third-order valence-corrected chi connectivity index (χ3v) is 7.73. The largest absolute Gasteiger partial charge is 0.485 e. The van der Waals surface area contributed by atoms with Gasteiger partial charge in [0.2, 0.25) is 5.91 Å². The van der Waals surface area contributed by atoms with Gasteiger partial charge in [-0.3, -0.25) is 9.59 Å². The highest BCUT2D eigenvalue weighted by Gasteiger charge is 2.36. The van der Waals surface area contributed by atoms with E-state index in [-0.39, 0.29) is 48.6 Å². The van der Waals surface area contributed by atoms with Crippen LogP contribution < -0.4 is 15.4 Å². The number of hydrogen-bond donors (Lipinski definition) is 3. The summed E-state index contributed by atoms with van der Waals surface area (Å²) in [7, 11) is 1.70. The Labute approximate surface area is 234 Å². The molecule has 0 spiro atoms. The lowest BCUT2D eigenvalue weighted by molar-refractivity contribution is -0.117. The highest BCUT2D eigenvalue weighted by atomic mass is 16.5. The van der Waals surface area contributed by atoms with Crippen molar-refractivity contribution in [1.29, 1.82) is 0 Å². The molecule has 9 heteroatoms. The monoisotopic (exact) mass is 544 g/mol. The van der Waals surface area contributed by atoms with Crippen LogP contribution in [0.5, 0.6) is 5.75 Å². The van der Waals surface area contributed by atoms with Crippen molar-refractivity contribution in [3.05, 3.63) is 66.2 Å². The van der Waals surface area contributed by atoms with Crippen molar-refractivity contribution in [1.82, 2.24) is 9.80 Å². The maximum Gasteiger partial charge on any atom is 0.321 e. The van der Waals surface area contributed by atoms with E-state index in [2.05, 4.69) is 10.6 Å². The number of aliphatic hydroxyl groups excluding tert-OH is 1. The van der Waals surface area contributed by atoms with Crippen molar-refractivity contribution in [3.63, 3.8) is 0 Å². The lowest BCUT2D eigenvalue weighted by Gasteiger charge is -2.38. The van der Waals surface area contributed by atoms with Gasteiger partial charge in [-0.15, -0.1) is 0 Å². The molecule has 3 atom stereocenters. The van der Waals surface area contributed by atoms with E-state index in [9.17, 15) is 19.5 Å². The number of carbonyl (C=O) groups excluding carboxylic acids is 3. The number of hydrogen-bond acceptors (Lipinski definition) is 5. The highest BCUT2D eigenvalue weighted by Crippen LogP contribution is 2.37. The van der Waals surface area contributed by atoms with Gasteiger partial charge in [0.1, 0.15) is 6.10 Å². The number of carbonyl (C=O) groups is 3. The van der Waals surface area contributed by atoms with Gasteiger partial charge in [0.25, 0.3) is 5.91 Å². The van der Waals surface area contributed by atoms with Gasteiger partial charge < -0.3 is 30.3 Å². The topological polar surface area (TPSA) is 111 Å². The van der Waals surface area contributed by atoms with Crippen LogP contribution in [0.2, 0.25) is 0 Å². The average molecular weight is 545 g/mol. The molecule has 3 N–H and O–H groups in total. The van der Waals surface area contributed by atoms with Gasteiger partial charge in [-0.1, -0.05) is 49.4 Å². The fourth-order valence-electron chi connectivity index (χ4n) is 5.04. The number of para-hydroxylation sites is 1. The molecular weight excluding hydrogens is 508 g/mol. The summed E-state index contributed by atoms with van der Waals surface area (Å²) in [5.74, 6) is -0.290. The van der Waals surface area contributed by atoms with Crippen LogP contribution >= 0.6 is 0 Å². The fourth-order valence-corrected chi connectivity index (χ4v) is 5.04. The fraction of sp³-hybridized carbons (Fsp3) is 0.387. The second-order valence-electron chi connectivity index (χ2n) is 10.9. The quantitative estimate of drug-likeness (QED) is 0.404. The van der Waals surface area contributed by atoms with Gasteiger partial charge in [0, 0.05) is 30.8 Å². The molecule has 2 aliphatic rings. The first-order valence-corrected chi connectivity index (χ1v) is 13.8. The van der Waals surface area contributed by atoms with E-state index in [1.807, 2.05) is 49.4 Å². The number of likely N-dealkylation sites (N-methyl/N-ethyl adjacent to an activating group) is 1. The average Bonchev–Trinajstić information content (AvgIpc) is 3.81. The molecule has 3 aromatic carbocycles. The molecule has 0 saturated heterocycles.